The van der Waals surface area contributed by atoms with Gasteiger partial charge in [-0.25, -0.2) is 0 Å². The molecular formula is C72H75N9O2Zn2+4. The van der Waals surface area contributed by atoms with Crippen molar-refractivity contribution in [1.29, 1.82) is 0 Å². The Kier molecular flexibility index (Phi) is 20.6. The summed E-state index contributed by atoms with van der Waals surface area (Å²) in [5, 5.41) is 23.2. The van der Waals surface area contributed by atoms with Crippen molar-refractivity contribution in [3.05, 3.63) is 257 Å². The molecule has 11 rings (SSSR count). The number of carbonyl (C=O) groups excluding carboxylic acids is 1. The molecule has 85 heavy (non-hydrogen) atoms. The fraction of sp³-hybridized carbons (Fsp3) is 0.278. The molecule has 11 nitrogen and oxygen atoms in total. The number of fused-ring (bicyclic) bond motifs is 6. The van der Waals surface area contributed by atoms with Crippen molar-refractivity contribution >= 4 is 44.5 Å². The molecular weight excluding hydrogens is 1150 g/mol. The summed E-state index contributed by atoms with van der Waals surface area (Å²) in [5.74, 6) is 0.0440. The smallest absolute Gasteiger partial charge is 0.872 e. The summed E-state index contributed by atoms with van der Waals surface area (Å²) in [4.78, 5) is 39.2. The molecule has 1 N–H and O–H groups in total. The minimum Gasteiger partial charge on any atom is -0.872 e. The number of unbranched alkanes of at least 4 members (excludes halogenated alkanes) is 2. The number of nitrogens with one attached hydrogen (secondary N) is 1. The minimum absolute atomic E-state index is 0. The Morgan fingerprint density at radius 3 is 1.60 bits per heavy atom. The molecule has 0 fully saturated rings. The first-order valence-electron chi connectivity index (χ1n) is 29.4. The largest absolute Gasteiger partial charge is 2.00 e. The van der Waals surface area contributed by atoms with Crippen LogP contribution in [0.25, 0.3) is 21.5 Å². The zero-order valence-corrected chi connectivity index (χ0v) is 56.0. The van der Waals surface area contributed by atoms with Crippen LogP contribution in [0.1, 0.15) is 104 Å². The molecule has 0 saturated carbocycles. The number of hydrogen-bond acceptors (Lipinski definition) is 9. The Morgan fingerprint density at radius 2 is 1.08 bits per heavy atom. The van der Waals surface area contributed by atoms with Gasteiger partial charge in [-0.1, -0.05) is 123 Å². The third kappa shape index (κ3) is 14.3. The number of amides is 1. The number of pyridine rings is 4. The third-order valence-corrected chi connectivity index (χ3v) is 16.7. The van der Waals surface area contributed by atoms with Gasteiger partial charge in [0, 0.05) is 118 Å². The summed E-state index contributed by atoms with van der Waals surface area (Å²) in [7, 11) is 2.19. The second-order valence-corrected chi connectivity index (χ2v) is 23.3. The molecule has 1 amide bonds. The Morgan fingerprint density at radius 1 is 0.588 bits per heavy atom. The molecule has 0 spiro atoms. The number of benzene rings is 5. The normalized spacial score (nSPS) is 14.5. The number of allylic oxidation sites excluding steroid dienone is 4. The summed E-state index contributed by atoms with van der Waals surface area (Å²) in [6.45, 7) is 13.7. The minimum atomic E-state index is -0.242. The van der Waals surface area contributed by atoms with Crippen LogP contribution in [0.15, 0.2) is 206 Å². The predicted octanol–water partition coefficient (Wildman–Crippen LogP) is 13.2. The number of nitrogens with zero attached hydrogens (tertiary/aromatic N) is 8. The van der Waals surface area contributed by atoms with Gasteiger partial charge < -0.3 is 15.3 Å². The maximum atomic E-state index is 14.8. The molecule has 9 aromatic rings. The Labute approximate surface area is 527 Å². The molecule has 2 aliphatic rings. The van der Waals surface area contributed by atoms with Crippen molar-refractivity contribution in [2.24, 2.45) is 0 Å². The molecule has 0 bridgehead atoms. The Balaban J connectivity index is 0.00000432. The van der Waals surface area contributed by atoms with Gasteiger partial charge in [-0.05, 0) is 144 Å². The topological polar surface area (TPSA) is 116 Å². The van der Waals surface area contributed by atoms with Gasteiger partial charge in [-0.3, -0.25) is 34.5 Å². The second-order valence-electron chi connectivity index (χ2n) is 23.3. The van der Waals surface area contributed by atoms with Crippen molar-refractivity contribution in [3.8, 4) is 5.75 Å². The fourth-order valence-corrected chi connectivity index (χ4v) is 12.8. The van der Waals surface area contributed by atoms with Gasteiger partial charge in [0.15, 0.2) is 5.71 Å². The first-order valence-corrected chi connectivity index (χ1v) is 29.4. The van der Waals surface area contributed by atoms with E-state index in [2.05, 4.69) is 170 Å². The first-order chi connectivity index (χ1) is 40.4. The first kappa shape index (κ1) is 62.1. The van der Waals surface area contributed by atoms with E-state index in [1.54, 1.807) is 24.8 Å². The van der Waals surface area contributed by atoms with Gasteiger partial charge in [0.1, 0.15) is 7.05 Å². The molecule has 6 heterocycles. The summed E-state index contributed by atoms with van der Waals surface area (Å²) in [6, 6.07) is 54.3. The van der Waals surface area contributed by atoms with E-state index in [1.807, 2.05) is 84.9 Å². The van der Waals surface area contributed by atoms with E-state index in [1.165, 1.54) is 55.5 Å². The van der Waals surface area contributed by atoms with Crippen molar-refractivity contribution in [1.82, 2.24) is 35.1 Å². The van der Waals surface area contributed by atoms with Crippen molar-refractivity contribution < 1.29 is 53.4 Å². The number of anilines is 1. The monoisotopic (exact) mass is 1230 g/mol. The Hall–Kier alpha value is -7.39. The molecule has 0 aliphatic carbocycles. The van der Waals surface area contributed by atoms with E-state index in [0.29, 0.717) is 69.8 Å². The SMILES string of the molecule is C[N+]1=C(/C=C/C=C2\N(CCCCCC(=O)NCCc3cc(CN(Cc4ccccn4)Cc4ccccn4)c([O-])c(CN(Cc4ccccn4)Cc4ccccn4)c3)c3ccc4ccccc4c3C2(C)C)C(C)(C)c2c1ccc1ccccc21.[Zn+2].[Zn+2]. The zero-order valence-electron chi connectivity index (χ0n) is 50.1. The molecule has 0 saturated heterocycles. The predicted molar refractivity (Wildman–Crippen MR) is 333 cm³/mol. The van der Waals surface area contributed by atoms with Crippen LogP contribution in [-0.2, 0) is 100 Å². The van der Waals surface area contributed by atoms with Crippen LogP contribution >= 0.6 is 0 Å². The maximum Gasteiger partial charge on any atom is 2.00 e. The standard InChI is InChI=1S/C72H75N9O2.2Zn/c1-71(2)65(78(5)63-35-33-53-22-8-10-28-61(53)68(63)71)30-21-31-66-72(3,4)69-62-29-11-9-23-54(62)34-36-64(69)81(66)43-20-6-7-32-67(82)77-42-37-52-44-55(46-79(48-57-24-12-16-38-73-57)49-58-25-13-17-39-74-58)70(83)56(45-52)47-80(50-59-26-14-18-40-75-59)51-60-27-15-19-41-76-60;;/h8-19,21-31,33-36,38-41,44-45H,6-7,20,32,37,42-43,46-51H2,1-5H3,(H-,77,82,83);;/q;2*+2. The fourth-order valence-electron chi connectivity index (χ4n) is 12.8. The van der Waals surface area contributed by atoms with E-state index in [4.69, 9.17) is 0 Å². The van der Waals surface area contributed by atoms with E-state index >= 15 is 0 Å². The molecule has 2 aliphatic heterocycles. The molecule has 0 unspecified atom stereocenters. The van der Waals surface area contributed by atoms with Crippen LogP contribution in [0.2, 0.25) is 0 Å². The number of hydrogen-bond donors (Lipinski definition) is 1. The molecule has 4 aromatic heterocycles. The van der Waals surface area contributed by atoms with E-state index in [9.17, 15) is 9.90 Å². The van der Waals surface area contributed by atoms with Crippen molar-refractivity contribution in [2.75, 3.05) is 25.0 Å². The number of rotatable bonds is 23. The van der Waals surface area contributed by atoms with Crippen LogP contribution in [0, 0.1) is 0 Å². The van der Waals surface area contributed by atoms with E-state index in [-0.39, 0.29) is 61.4 Å². The molecule has 420 valence electrons. The van der Waals surface area contributed by atoms with Crippen molar-refractivity contribution in [2.45, 2.75) is 110 Å². The summed E-state index contributed by atoms with van der Waals surface area (Å²) < 4.78 is 2.36. The van der Waals surface area contributed by atoms with Crippen LogP contribution in [0.3, 0.4) is 0 Å². The molecule has 0 atom stereocenters. The molecule has 5 aromatic carbocycles. The Bertz CT molecular complexity index is 3640. The van der Waals surface area contributed by atoms with Crippen molar-refractivity contribution in [3.63, 3.8) is 0 Å². The average molecular weight is 1230 g/mol. The van der Waals surface area contributed by atoms with Crippen LogP contribution in [0.5, 0.6) is 5.75 Å². The van der Waals surface area contributed by atoms with Crippen LogP contribution in [-0.4, -0.2) is 66.1 Å². The molecule has 13 heteroatoms. The number of carbonyl (C=O) groups is 1. The van der Waals surface area contributed by atoms with Gasteiger partial charge in [0.05, 0.1) is 28.2 Å². The number of aromatic nitrogens is 4. The zero-order chi connectivity index (χ0) is 57.3. The van der Waals surface area contributed by atoms with Crippen LogP contribution < -0.4 is 15.3 Å². The summed E-state index contributed by atoms with van der Waals surface area (Å²) >= 11 is 0. The third-order valence-electron chi connectivity index (χ3n) is 16.7. The van der Waals surface area contributed by atoms with Gasteiger partial charge in [-0.2, -0.15) is 4.58 Å². The maximum absolute atomic E-state index is 14.8. The van der Waals surface area contributed by atoms with Crippen LogP contribution in [0.4, 0.5) is 11.4 Å². The van der Waals surface area contributed by atoms with Gasteiger partial charge in [0.25, 0.3) is 0 Å². The van der Waals surface area contributed by atoms with E-state index in [0.717, 1.165) is 54.1 Å². The van der Waals surface area contributed by atoms with Gasteiger partial charge in [0.2, 0.25) is 11.6 Å². The quantitative estimate of drug-likeness (QED) is 0.0380. The summed E-state index contributed by atoms with van der Waals surface area (Å²) in [6.07, 6.45) is 17.8. The van der Waals surface area contributed by atoms with Gasteiger partial charge in [-0.15, -0.1) is 0 Å². The van der Waals surface area contributed by atoms with Gasteiger partial charge >= 0.3 is 39.0 Å². The second kappa shape index (κ2) is 28.2. The summed E-state index contributed by atoms with van der Waals surface area (Å²) in [5.41, 5.74) is 13.4. The average Bonchev–Trinajstić information content (AvgIpc) is 1.80. The molecule has 0 radical (unpaired) electrons. The van der Waals surface area contributed by atoms with E-state index < -0.39 is 0 Å².